The maximum Gasteiger partial charge on any atom is 0.224 e. The van der Waals surface area contributed by atoms with Crippen molar-refractivity contribution in [1.82, 2.24) is 0 Å². The van der Waals surface area contributed by atoms with E-state index in [1.807, 2.05) is 6.07 Å². The van der Waals surface area contributed by atoms with E-state index in [0.717, 1.165) is 43.1 Å². The Hall–Kier alpha value is -2.67. The highest BCUT2D eigenvalue weighted by Crippen LogP contribution is 2.36. The zero-order valence-corrected chi connectivity index (χ0v) is 22.8. The van der Waals surface area contributed by atoms with Gasteiger partial charge in [-0.2, -0.15) is 0 Å². The molecule has 0 aromatic heterocycles. The Morgan fingerprint density at radius 3 is 2.29 bits per heavy atom. The second kappa shape index (κ2) is 11.8. The first kappa shape index (κ1) is 28.6. The molecule has 1 atom stereocenters. The number of rotatable bonds is 11. The normalized spacial score (nSPS) is 12.8. The quantitative estimate of drug-likeness (QED) is 0.289. The number of unbranched alkanes of at least 4 members (excludes halogenated alkanes) is 2. The van der Waals surface area contributed by atoms with Gasteiger partial charge in [0, 0.05) is 23.9 Å². The number of amides is 1. The Balaban J connectivity index is 2.40. The highest BCUT2D eigenvalue weighted by molar-refractivity contribution is 7.90. The lowest BCUT2D eigenvalue weighted by atomic mass is 9.84. The van der Waals surface area contributed by atoms with E-state index in [1.165, 1.54) is 20.1 Å². The average Bonchev–Trinajstić information content (AvgIpc) is 2.76. The maximum atomic E-state index is 13.3. The van der Waals surface area contributed by atoms with Crippen LogP contribution in [0.3, 0.4) is 0 Å². The number of nitrogens with one attached hydrogen (secondary N) is 1. The molecule has 35 heavy (non-hydrogen) atoms. The molecule has 0 saturated heterocycles. The van der Waals surface area contributed by atoms with Crippen LogP contribution < -0.4 is 10.1 Å². The van der Waals surface area contributed by atoms with Crippen molar-refractivity contribution >= 4 is 27.2 Å². The van der Waals surface area contributed by atoms with E-state index >= 15 is 0 Å². The van der Waals surface area contributed by atoms with Crippen molar-refractivity contribution in [3.05, 3.63) is 53.1 Å². The monoisotopic (exact) mass is 501 g/mol. The van der Waals surface area contributed by atoms with Gasteiger partial charge in [-0.25, -0.2) is 8.42 Å². The molecule has 0 fully saturated rings. The van der Waals surface area contributed by atoms with Crippen molar-refractivity contribution in [2.75, 3.05) is 18.7 Å². The molecule has 0 heterocycles. The molecule has 2 aromatic rings. The highest BCUT2D eigenvalue weighted by Gasteiger charge is 2.24. The van der Waals surface area contributed by atoms with Crippen molar-refractivity contribution < 1.29 is 22.7 Å². The van der Waals surface area contributed by atoms with Crippen LogP contribution in [0.5, 0.6) is 5.75 Å². The Morgan fingerprint density at radius 2 is 1.74 bits per heavy atom. The molecular formula is C28H39NO5S. The molecule has 192 valence electrons. The van der Waals surface area contributed by atoms with Gasteiger partial charge in [-0.1, -0.05) is 65.2 Å². The predicted molar refractivity (Wildman–Crippen MR) is 141 cm³/mol. The van der Waals surface area contributed by atoms with E-state index in [4.69, 9.17) is 4.74 Å². The SMILES string of the molecule is CCCCCC(CC(=O)Nc1cc(C(C)=O)ccc1C(C)(C)C)c1ccc(S(C)(=O)=O)cc1OC. The van der Waals surface area contributed by atoms with Gasteiger partial charge in [0.2, 0.25) is 5.91 Å². The number of ether oxygens (including phenoxy) is 1. The van der Waals surface area contributed by atoms with Gasteiger partial charge in [-0.3, -0.25) is 9.59 Å². The molecule has 2 rings (SSSR count). The van der Waals surface area contributed by atoms with Crippen molar-refractivity contribution in [2.45, 2.75) is 83.0 Å². The van der Waals surface area contributed by atoms with Crippen LogP contribution in [-0.2, 0) is 20.0 Å². The van der Waals surface area contributed by atoms with Crippen molar-refractivity contribution in [3.8, 4) is 5.75 Å². The minimum absolute atomic E-state index is 0.0610. The third kappa shape index (κ3) is 7.92. The zero-order valence-electron chi connectivity index (χ0n) is 22.0. The summed E-state index contributed by atoms with van der Waals surface area (Å²) >= 11 is 0. The smallest absolute Gasteiger partial charge is 0.224 e. The van der Waals surface area contributed by atoms with E-state index in [1.54, 1.807) is 24.3 Å². The van der Waals surface area contributed by atoms with Gasteiger partial charge in [0.15, 0.2) is 15.6 Å². The van der Waals surface area contributed by atoms with E-state index in [2.05, 4.69) is 33.0 Å². The third-order valence-corrected chi connectivity index (χ3v) is 7.28. The number of Topliss-reactive ketones (excluding diaryl/α,β-unsaturated/α-hetero) is 1. The van der Waals surface area contributed by atoms with Crippen molar-refractivity contribution in [1.29, 1.82) is 0 Å². The summed E-state index contributed by atoms with van der Waals surface area (Å²) in [7, 11) is -1.87. The summed E-state index contributed by atoms with van der Waals surface area (Å²) in [5, 5.41) is 3.05. The number of hydrogen-bond acceptors (Lipinski definition) is 5. The molecule has 0 aliphatic rings. The molecule has 1 amide bonds. The number of hydrogen-bond donors (Lipinski definition) is 1. The van der Waals surface area contributed by atoms with Crippen molar-refractivity contribution in [3.63, 3.8) is 0 Å². The Bertz CT molecular complexity index is 1160. The summed E-state index contributed by atoms with van der Waals surface area (Å²) in [6.07, 6.45) is 5.18. The summed E-state index contributed by atoms with van der Waals surface area (Å²) in [5.41, 5.74) is 2.74. The number of benzene rings is 2. The molecule has 0 saturated carbocycles. The van der Waals surface area contributed by atoms with E-state index in [9.17, 15) is 18.0 Å². The summed E-state index contributed by atoms with van der Waals surface area (Å²) in [4.78, 5) is 25.4. The maximum absolute atomic E-state index is 13.3. The fraction of sp³-hybridized carbons (Fsp3) is 0.500. The predicted octanol–water partition coefficient (Wildman–Crippen LogP) is 6.29. The number of ketones is 1. The van der Waals surface area contributed by atoms with Crippen LogP contribution in [0.4, 0.5) is 5.69 Å². The molecule has 0 spiro atoms. The third-order valence-electron chi connectivity index (χ3n) is 6.17. The molecule has 7 heteroatoms. The molecule has 0 aliphatic heterocycles. The second-order valence-corrected chi connectivity index (χ2v) is 12.2. The molecule has 0 aliphatic carbocycles. The van der Waals surface area contributed by atoms with Crippen LogP contribution in [0.2, 0.25) is 0 Å². The van der Waals surface area contributed by atoms with Gasteiger partial charge in [-0.05, 0) is 54.0 Å². The van der Waals surface area contributed by atoms with Crippen molar-refractivity contribution in [2.24, 2.45) is 0 Å². The number of sulfone groups is 1. The number of carbonyl (C=O) groups is 2. The van der Waals surface area contributed by atoms with Gasteiger partial charge in [-0.15, -0.1) is 0 Å². The Morgan fingerprint density at radius 1 is 1.06 bits per heavy atom. The Labute approximate surface area is 210 Å². The lowest BCUT2D eigenvalue weighted by molar-refractivity contribution is -0.116. The lowest BCUT2D eigenvalue weighted by Crippen LogP contribution is -2.21. The largest absolute Gasteiger partial charge is 0.496 e. The van der Waals surface area contributed by atoms with Crippen LogP contribution in [0.1, 0.15) is 94.1 Å². The van der Waals surface area contributed by atoms with E-state index in [-0.39, 0.29) is 34.3 Å². The van der Waals surface area contributed by atoms with Gasteiger partial charge < -0.3 is 10.1 Å². The van der Waals surface area contributed by atoms with Gasteiger partial charge in [0.05, 0.1) is 12.0 Å². The first-order valence-electron chi connectivity index (χ1n) is 12.1. The average molecular weight is 502 g/mol. The standard InChI is InChI=1S/C28H39NO5S/c1-8-9-10-11-21(23-14-13-22(35(7,32)33)18-26(23)34-6)17-27(31)29-25-16-20(19(2)30)12-15-24(25)28(3,4)5/h12-16,18,21H,8-11,17H2,1-7H3,(H,29,31). The van der Waals surface area contributed by atoms with Crippen LogP contribution in [-0.4, -0.2) is 33.5 Å². The molecule has 2 aromatic carbocycles. The van der Waals surface area contributed by atoms with Crippen LogP contribution >= 0.6 is 0 Å². The fourth-order valence-corrected chi connectivity index (χ4v) is 4.85. The van der Waals surface area contributed by atoms with Crippen LogP contribution in [0.15, 0.2) is 41.3 Å². The molecule has 1 N–H and O–H groups in total. The fourth-order valence-electron chi connectivity index (χ4n) is 4.21. The summed E-state index contributed by atoms with van der Waals surface area (Å²) in [6.45, 7) is 9.82. The van der Waals surface area contributed by atoms with Gasteiger partial charge >= 0.3 is 0 Å². The number of methoxy groups -OCH3 is 1. The summed E-state index contributed by atoms with van der Waals surface area (Å²) in [5.74, 6) is 0.108. The summed E-state index contributed by atoms with van der Waals surface area (Å²) < 4.78 is 29.6. The van der Waals surface area contributed by atoms with Gasteiger partial charge in [0.1, 0.15) is 5.75 Å². The Kier molecular flexibility index (Phi) is 9.67. The molecule has 0 radical (unpaired) electrons. The first-order chi connectivity index (χ1) is 16.3. The van der Waals surface area contributed by atoms with Crippen LogP contribution in [0.25, 0.3) is 0 Å². The number of anilines is 1. The topological polar surface area (TPSA) is 89.5 Å². The lowest BCUT2D eigenvalue weighted by Gasteiger charge is -2.25. The molecule has 0 bridgehead atoms. The zero-order chi connectivity index (χ0) is 26.4. The highest BCUT2D eigenvalue weighted by atomic mass is 32.2. The molecule has 1 unspecified atom stereocenters. The first-order valence-corrected chi connectivity index (χ1v) is 14.0. The second-order valence-electron chi connectivity index (χ2n) is 10.2. The van der Waals surface area contributed by atoms with E-state index < -0.39 is 9.84 Å². The number of carbonyl (C=O) groups excluding carboxylic acids is 2. The van der Waals surface area contributed by atoms with E-state index in [0.29, 0.717) is 17.0 Å². The summed E-state index contributed by atoms with van der Waals surface area (Å²) in [6, 6.07) is 10.3. The molecular weight excluding hydrogens is 462 g/mol. The molecule has 6 nitrogen and oxygen atoms in total. The van der Waals surface area contributed by atoms with Gasteiger partial charge in [0.25, 0.3) is 0 Å². The minimum Gasteiger partial charge on any atom is -0.496 e. The van der Waals surface area contributed by atoms with Crippen LogP contribution in [0, 0.1) is 0 Å². The minimum atomic E-state index is -3.38.